The van der Waals surface area contributed by atoms with Gasteiger partial charge in [0, 0.05) is 26.2 Å². The average Bonchev–Trinajstić information content (AvgIpc) is 3.05. The molecule has 0 atom stereocenters. The van der Waals surface area contributed by atoms with Gasteiger partial charge < -0.3 is 15.0 Å². The van der Waals surface area contributed by atoms with Crippen molar-refractivity contribution >= 4 is 6.03 Å². The molecule has 0 spiro atoms. The van der Waals surface area contributed by atoms with Gasteiger partial charge in [0.2, 0.25) is 0 Å². The van der Waals surface area contributed by atoms with Crippen LogP contribution in [-0.4, -0.2) is 43.8 Å². The van der Waals surface area contributed by atoms with Gasteiger partial charge in [0.05, 0.1) is 6.61 Å². The van der Waals surface area contributed by atoms with Gasteiger partial charge in [0.1, 0.15) is 0 Å². The van der Waals surface area contributed by atoms with Gasteiger partial charge in [-0.05, 0) is 31.6 Å². The highest BCUT2D eigenvalue weighted by Gasteiger charge is 2.24. The lowest BCUT2D eigenvalue weighted by Crippen LogP contribution is -2.40. The number of hydrogen-bond acceptors (Lipinski definition) is 2. The maximum absolute atomic E-state index is 11.5. The van der Waals surface area contributed by atoms with Crippen LogP contribution >= 0.6 is 0 Å². The van der Waals surface area contributed by atoms with Crippen molar-refractivity contribution in [2.45, 2.75) is 31.7 Å². The van der Waals surface area contributed by atoms with E-state index in [0.29, 0.717) is 19.2 Å². The summed E-state index contributed by atoms with van der Waals surface area (Å²) in [6.07, 6.45) is 4.91. The lowest BCUT2D eigenvalue weighted by molar-refractivity contribution is 0.108. The van der Waals surface area contributed by atoms with Crippen molar-refractivity contribution in [1.82, 2.24) is 10.2 Å². The molecule has 0 heterocycles. The molecule has 2 rings (SSSR count). The third-order valence-corrected chi connectivity index (χ3v) is 2.87. The highest BCUT2D eigenvalue weighted by Crippen LogP contribution is 2.28. The van der Waals surface area contributed by atoms with Gasteiger partial charge in [-0.1, -0.05) is 0 Å². The first kappa shape index (κ1) is 10.7. The van der Waals surface area contributed by atoms with Crippen LogP contribution in [0.5, 0.6) is 0 Å². The van der Waals surface area contributed by atoms with Crippen LogP contribution in [0.4, 0.5) is 4.79 Å². The summed E-state index contributed by atoms with van der Waals surface area (Å²) in [6, 6.07) is 0.472. The molecule has 0 aromatic rings. The minimum Gasteiger partial charge on any atom is -0.379 e. The molecule has 86 valence electrons. The summed E-state index contributed by atoms with van der Waals surface area (Å²) >= 11 is 0. The Hall–Kier alpha value is -0.770. The van der Waals surface area contributed by atoms with Crippen LogP contribution in [0.2, 0.25) is 0 Å². The first-order valence-electron chi connectivity index (χ1n) is 5.85. The maximum atomic E-state index is 11.5. The fraction of sp³-hybridized carbons (Fsp3) is 0.909. The van der Waals surface area contributed by atoms with E-state index in [4.69, 9.17) is 4.74 Å². The van der Waals surface area contributed by atoms with Gasteiger partial charge in [0.25, 0.3) is 0 Å². The Balaban J connectivity index is 1.49. The number of urea groups is 1. The maximum Gasteiger partial charge on any atom is 0.317 e. The van der Waals surface area contributed by atoms with E-state index in [2.05, 4.69) is 5.32 Å². The molecule has 0 bridgehead atoms. The fourth-order valence-corrected chi connectivity index (χ4v) is 1.35. The minimum absolute atomic E-state index is 0.0347. The Morgan fingerprint density at radius 3 is 2.73 bits per heavy atom. The molecule has 2 aliphatic rings. The van der Waals surface area contributed by atoms with Crippen LogP contribution in [0.15, 0.2) is 0 Å². The molecule has 2 saturated carbocycles. The number of rotatable bonds is 6. The molecule has 2 aliphatic carbocycles. The Morgan fingerprint density at radius 1 is 1.40 bits per heavy atom. The summed E-state index contributed by atoms with van der Waals surface area (Å²) in [5, 5.41) is 2.95. The average molecular weight is 212 g/mol. The summed E-state index contributed by atoms with van der Waals surface area (Å²) in [6.45, 7) is 2.22. The zero-order chi connectivity index (χ0) is 10.7. The number of carbonyl (C=O) groups excluding carboxylic acids is 1. The van der Waals surface area contributed by atoms with E-state index in [1.807, 2.05) is 7.05 Å². The van der Waals surface area contributed by atoms with Gasteiger partial charge in [-0.3, -0.25) is 0 Å². The lowest BCUT2D eigenvalue weighted by Gasteiger charge is -2.17. The first-order valence-corrected chi connectivity index (χ1v) is 5.85. The zero-order valence-electron chi connectivity index (χ0n) is 9.37. The van der Waals surface area contributed by atoms with Crippen molar-refractivity contribution in [3.05, 3.63) is 0 Å². The number of ether oxygens (including phenoxy) is 1. The number of amides is 2. The van der Waals surface area contributed by atoms with Crippen molar-refractivity contribution < 1.29 is 9.53 Å². The topological polar surface area (TPSA) is 41.6 Å². The molecule has 0 aromatic heterocycles. The number of hydrogen-bond donors (Lipinski definition) is 1. The van der Waals surface area contributed by atoms with Gasteiger partial charge in [-0.2, -0.15) is 0 Å². The molecular weight excluding hydrogens is 192 g/mol. The van der Waals surface area contributed by atoms with Crippen molar-refractivity contribution in [3.63, 3.8) is 0 Å². The quantitative estimate of drug-likeness (QED) is 0.672. The van der Waals surface area contributed by atoms with Crippen LogP contribution in [0.3, 0.4) is 0 Å². The van der Waals surface area contributed by atoms with Gasteiger partial charge in [0.15, 0.2) is 0 Å². The van der Waals surface area contributed by atoms with Crippen LogP contribution in [0.1, 0.15) is 25.7 Å². The Bertz CT molecular complexity index is 225. The second kappa shape index (κ2) is 4.84. The second-order valence-corrected chi connectivity index (χ2v) is 4.66. The lowest BCUT2D eigenvalue weighted by atomic mass is 10.5. The SMILES string of the molecule is CN(CCOCC1CC1)C(=O)NC1CC1. The van der Waals surface area contributed by atoms with Crippen molar-refractivity contribution in [1.29, 1.82) is 0 Å². The summed E-state index contributed by atoms with van der Waals surface area (Å²) in [7, 11) is 1.82. The number of carbonyl (C=O) groups is 1. The van der Waals surface area contributed by atoms with Crippen molar-refractivity contribution in [2.75, 3.05) is 26.8 Å². The zero-order valence-corrected chi connectivity index (χ0v) is 9.37. The highest BCUT2D eigenvalue weighted by molar-refractivity contribution is 5.74. The molecule has 15 heavy (non-hydrogen) atoms. The third kappa shape index (κ3) is 4.08. The van der Waals surface area contributed by atoms with Crippen molar-refractivity contribution in [3.8, 4) is 0 Å². The molecule has 0 unspecified atom stereocenters. The smallest absolute Gasteiger partial charge is 0.317 e. The van der Waals surface area contributed by atoms with E-state index >= 15 is 0 Å². The predicted molar refractivity (Wildman–Crippen MR) is 57.7 cm³/mol. The van der Waals surface area contributed by atoms with Crippen LogP contribution in [-0.2, 0) is 4.74 Å². The standard InChI is InChI=1S/C11H20N2O2/c1-13(11(14)12-10-4-5-10)6-7-15-8-9-2-3-9/h9-10H,2-8H2,1H3,(H,12,14). The monoisotopic (exact) mass is 212 g/mol. The molecule has 0 radical (unpaired) electrons. The third-order valence-electron chi connectivity index (χ3n) is 2.87. The first-order chi connectivity index (χ1) is 7.25. The van der Waals surface area contributed by atoms with E-state index in [1.165, 1.54) is 12.8 Å². The van der Waals surface area contributed by atoms with E-state index in [9.17, 15) is 4.79 Å². The largest absolute Gasteiger partial charge is 0.379 e. The van der Waals surface area contributed by atoms with E-state index < -0.39 is 0 Å². The van der Waals surface area contributed by atoms with Crippen LogP contribution < -0.4 is 5.32 Å². The van der Waals surface area contributed by atoms with Crippen LogP contribution in [0.25, 0.3) is 0 Å². The number of nitrogens with one attached hydrogen (secondary N) is 1. The second-order valence-electron chi connectivity index (χ2n) is 4.66. The molecular formula is C11H20N2O2. The van der Waals surface area contributed by atoms with Gasteiger partial charge in [-0.25, -0.2) is 4.79 Å². The summed E-state index contributed by atoms with van der Waals surface area (Å²) < 4.78 is 5.48. The minimum atomic E-state index is 0.0347. The number of likely N-dealkylation sites (N-methyl/N-ethyl adjacent to an activating group) is 1. The molecule has 0 aliphatic heterocycles. The molecule has 2 amide bonds. The Labute approximate surface area is 91.0 Å². The highest BCUT2D eigenvalue weighted by atomic mass is 16.5. The van der Waals surface area contributed by atoms with Crippen LogP contribution in [0, 0.1) is 5.92 Å². The molecule has 4 nitrogen and oxygen atoms in total. The van der Waals surface area contributed by atoms with Gasteiger partial charge >= 0.3 is 6.03 Å². The van der Waals surface area contributed by atoms with E-state index in [0.717, 1.165) is 25.4 Å². The number of nitrogens with zero attached hydrogens (tertiary/aromatic N) is 1. The molecule has 0 aromatic carbocycles. The summed E-state index contributed by atoms with van der Waals surface area (Å²) in [4.78, 5) is 13.2. The molecule has 0 saturated heterocycles. The predicted octanol–water partition coefficient (Wildman–Crippen LogP) is 1.22. The molecule has 2 fully saturated rings. The Morgan fingerprint density at radius 2 is 2.13 bits per heavy atom. The van der Waals surface area contributed by atoms with Gasteiger partial charge in [-0.15, -0.1) is 0 Å². The Kier molecular flexibility index (Phi) is 3.46. The van der Waals surface area contributed by atoms with Crippen molar-refractivity contribution in [2.24, 2.45) is 5.92 Å². The normalized spacial score (nSPS) is 20.1. The van der Waals surface area contributed by atoms with E-state index in [1.54, 1.807) is 4.90 Å². The fourth-order valence-electron chi connectivity index (χ4n) is 1.35. The van der Waals surface area contributed by atoms with E-state index in [-0.39, 0.29) is 6.03 Å². The summed E-state index contributed by atoms with van der Waals surface area (Å²) in [5.74, 6) is 0.801. The molecule has 4 heteroatoms. The molecule has 1 N–H and O–H groups in total. The summed E-state index contributed by atoms with van der Waals surface area (Å²) in [5.41, 5.74) is 0.